The molecule has 1 N–H and O–H groups in total. The Morgan fingerprint density at radius 1 is 1.21 bits per heavy atom. The standard InChI is InChI=1S/C17H20N6O/c1-12-14(16(24)22-9-3-2-4-10-22)15(13-5-7-18-8-6-13)23-17(21-12)19-11-20-23/h5-8,11,15H,2-4,9-10H2,1H3,(H,19,20,21). The van der Waals surface area contributed by atoms with Gasteiger partial charge in [0.1, 0.15) is 12.4 Å². The second kappa shape index (κ2) is 6.07. The summed E-state index contributed by atoms with van der Waals surface area (Å²) in [6.07, 6.45) is 8.33. The topological polar surface area (TPSA) is 75.9 Å². The zero-order valence-electron chi connectivity index (χ0n) is 13.6. The molecule has 0 radical (unpaired) electrons. The number of hydrogen-bond donors (Lipinski definition) is 1. The average Bonchev–Trinajstić information content (AvgIpc) is 3.09. The molecule has 0 bridgehead atoms. The number of nitrogens with zero attached hydrogens (tertiary/aromatic N) is 5. The summed E-state index contributed by atoms with van der Waals surface area (Å²) in [5.41, 5.74) is 2.56. The molecule has 0 aromatic carbocycles. The maximum atomic E-state index is 13.2. The molecule has 0 saturated carbocycles. The van der Waals surface area contributed by atoms with E-state index in [0.29, 0.717) is 5.95 Å². The van der Waals surface area contributed by atoms with Gasteiger partial charge < -0.3 is 10.2 Å². The van der Waals surface area contributed by atoms with Crippen LogP contribution in [0.2, 0.25) is 0 Å². The normalized spacial score (nSPS) is 20.5. The summed E-state index contributed by atoms with van der Waals surface area (Å²) in [5.74, 6) is 0.743. The van der Waals surface area contributed by atoms with Crippen LogP contribution in [-0.4, -0.2) is 43.6 Å². The summed E-state index contributed by atoms with van der Waals surface area (Å²) in [6.45, 7) is 3.58. The molecule has 2 aliphatic heterocycles. The second-order valence-electron chi connectivity index (χ2n) is 6.23. The number of aromatic nitrogens is 4. The number of anilines is 1. The van der Waals surface area contributed by atoms with Crippen LogP contribution >= 0.6 is 0 Å². The van der Waals surface area contributed by atoms with Gasteiger partial charge in [-0.25, -0.2) is 4.68 Å². The van der Waals surface area contributed by atoms with Crippen molar-refractivity contribution in [2.24, 2.45) is 0 Å². The van der Waals surface area contributed by atoms with Gasteiger partial charge in [-0.1, -0.05) is 0 Å². The first kappa shape index (κ1) is 14.9. The van der Waals surface area contributed by atoms with Crippen molar-refractivity contribution in [2.45, 2.75) is 32.2 Å². The van der Waals surface area contributed by atoms with Crippen LogP contribution in [0.15, 0.2) is 42.1 Å². The zero-order valence-corrected chi connectivity index (χ0v) is 13.6. The number of hydrogen-bond acceptors (Lipinski definition) is 5. The molecule has 4 rings (SSSR count). The van der Waals surface area contributed by atoms with Gasteiger partial charge in [0.05, 0.1) is 5.57 Å². The summed E-state index contributed by atoms with van der Waals surface area (Å²) in [7, 11) is 0. The third-order valence-electron chi connectivity index (χ3n) is 4.69. The van der Waals surface area contributed by atoms with Crippen molar-refractivity contribution in [1.82, 2.24) is 24.6 Å². The smallest absolute Gasteiger partial charge is 0.254 e. The summed E-state index contributed by atoms with van der Waals surface area (Å²) in [6, 6.07) is 3.58. The van der Waals surface area contributed by atoms with Crippen molar-refractivity contribution in [3.63, 3.8) is 0 Å². The Morgan fingerprint density at radius 3 is 2.71 bits per heavy atom. The molecular weight excluding hydrogens is 304 g/mol. The third kappa shape index (κ3) is 2.46. The van der Waals surface area contributed by atoms with Crippen molar-refractivity contribution < 1.29 is 4.79 Å². The van der Waals surface area contributed by atoms with Gasteiger partial charge in [-0.2, -0.15) is 10.1 Å². The Morgan fingerprint density at radius 2 is 1.96 bits per heavy atom. The molecule has 1 atom stereocenters. The first-order valence-electron chi connectivity index (χ1n) is 8.32. The van der Waals surface area contributed by atoms with Gasteiger partial charge >= 0.3 is 0 Å². The van der Waals surface area contributed by atoms with Crippen LogP contribution in [0.5, 0.6) is 0 Å². The van der Waals surface area contributed by atoms with Crippen molar-refractivity contribution in [1.29, 1.82) is 0 Å². The summed E-state index contributed by atoms with van der Waals surface area (Å²) < 4.78 is 1.78. The highest BCUT2D eigenvalue weighted by Gasteiger charge is 2.35. The largest absolute Gasteiger partial charge is 0.339 e. The van der Waals surface area contributed by atoms with Crippen LogP contribution in [0.3, 0.4) is 0 Å². The fourth-order valence-electron chi connectivity index (χ4n) is 3.49. The fourth-order valence-corrected chi connectivity index (χ4v) is 3.49. The predicted molar refractivity (Wildman–Crippen MR) is 89.2 cm³/mol. The number of carbonyl (C=O) groups excluding carboxylic acids is 1. The highest BCUT2D eigenvalue weighted by molar-refractivity contribution is 5.96. The molecule has 2 aromatic rings. The quantitative estimate of drug-likeness (QED) is 0.914. The highest BCUT2D eigenvalue weighted by atomic mass is 16.2. The third-order valence-corrected chi connectivity index (χ3v) is 4.69. The SMILES string of the molecule is CC1=C(C(=O)N2CCCCC2)C(c2ccncc2)n2ncnc2N1. The molecule has 7 nitrogen and oxygen atoms in total. The van der Waals surface area contributed by atoms with E-state index in [0.717, 1.165) is 42.8 Å². The lowest BCUT2D eigenvalue weighted by Gasteiger charge is -2.33. The van der Waals surface area contributed by atoms with Crippen LogP contribution < -0.4 is 5.32 Å². The number of fused-ring (bicyclic) bond motifs is 1. The number of pyridine rings is 1. The Labute approximate surface area is 140 Å². The minimum Gasteiger partial charge on any atom is -0.339 e. The van der Waals surface area contributed by atoms with Crippen LogP contribution in [0.4, 0.5) is 5.95 Å². The lowest BCUT2D eigenvalue weighted by molar-refractivity contribution is -0.128. The van der Waals surface area contributed by atoms with E-state index in [1.807, 2.05) is 24.0 Å². The van der Waals surface area contributed by atoms with E-state index in [2.05, 4.69) is 20.4 Å². The molecule has 7 heteroatoms. The van der Waals surface area contributed by atoms with Gasteiger partial charge in [0.15, 0.2) is 0 Å². The van der Waals surface area contributed by atoms with Crippen molar-refractivity contribution in [3.8, 4) is 0 Å². The minimum atomic E-state index is -0.277. The van der Waals surface area contributed by atoms with Gasteiger partial charge in [-0.3, -0.25) is 9.78 Å². The van der Waals surface area contributed by atoms with E-state index >= 15 is 0 Å². The molecule has 124 valence electrons. The molecule has 2 aliphatic rings. The first-order chi connectivity index (χ1) is 11.8. The molecule has 1 fully saturated rings. The van der Waals surface area contributed by atoms with Gasteiger partial charge in [0.25, 0.3) is 5.91 Å². The van der Waals surface area contributed by atoms with Crippen LogP contribution in [0, 0.1) is 0 Å². The van der Waals surface area contributed by atoms with Gasteiger partial charge in [0, 0.05) is 31.2 Å². The number of likely N-dealkylation sites (tertiary alicyclic amines) is 1. The number of rotatable bonds is 2. The Kier molecular flexibility index (Phi) is 3.76. The number of carbonyl (C=O) groups is 1. The molecule has 0 spiro atoms. The molecule has 1 unspecified atom stereocenters. The van der Waals surface area contributed by atoms with E-state index in [-0.39, 0.29) is 11.9 Å². The van der Waals surface area contributed by atoms with E-state index < -0.39 is 0 Å². The maximum absolute atomic E-state index is 13.2. The van der Waals surface area contributed by atoms with Crippen LogP contribution in [0.25, 0.3) is 0 Å². The number of allylic oxidation sites excluding steroid dienone is 1. The molecule has 24 heavy (non-hydrogen) atoms. The lowest BCUT2D eigenvalue weighted by atomic mass is 9.94. The first-order valence-corrected chi connectivity index (χ1v) is 8.32. The Bertz CT molecular complexity index is 775. The van der Waals surface area contributed by atoms with Crippen LogP contribution in [-0.2, 0) is 4.79 Å². The predicted octanol–water partition coefficient (Wildman–Crippen LogP) is 1.97. The van der Waals surface area contributed by atoms with Crippen LogP contribution in [0.1, 0.15) is 37.8 Å². The minimum absolute atomic E-state index is 0.0858. The highest BCUT2D eigenvalue weighted by Crippen LogP contribution is 2.35. The Balaban J connectivity index is 1.78. The van der Waals surface area contributed by atoms with E-state index in [9.17, 15) is 4.79 Å². The van der Waals surface area contributed by atoms with Crippen molar-refractivity contribution in [2.75, 3.05) is 18.4 Å². The Hall–Kier alpha value is -2.70. The molecular formula is C17H20N6O. The summed E-state index contributed by atoms with van der Waals surface area (Å²) in [5, 5.41) is 7.56. The van der Waals surface area contributed by atoms with E-state index in [1.165, 1.54) is 12.7 Å². The monoisotopic (exact) mass is 324 g/mol. The van der Waals surface area contributed by atoms with E-state index in [4.69, 9.17) is 0 Å². The lowest BCUT2D eigenvalue weighted by Crippen LogP contribution is -2.41. The van der Waals surface area contributed by atoms with Gasteiger partial charge in [0.2, 0.25) is 5.95 Å². The molecule has 1 amide bonds. The molecule has 2 aromatic heterocycles. The maximum Gasteiger partial charge on any atom is 0.254 e. The fraction of sp³-hybridized carbons (Fsp3) is 0.412. The number of piperidine rings is 1. The number of nitrogens with one attached hydrogen (secondary N) is 1. The molecule has 0 aliphatic carbocycles. The zero-order chi connectivity index (χ0) is 16.5. The second-order valence-corrected chi connectivity index (χ2v) is 6.23. The van der Waals surface area contributed by atoms with Crippen molar-refractivity contribution in [3.05, 3.63) is 47.7 Å². The average molecular weight is 324 g/mol. The van der Waals surface area contributed by atoms with Gasteiger partial charge in [-0.15, -0.1) is 0 Å². The van der Waals surface area contributed by atoms with Gasteiger partial charge in [-0.05, 0) is 43.9 Å². The summed E-state index contributed by atoms with van der Waals surface area (Å²) in [4.78, 5) is 23.5. The molecule has 1 saturated heterocycles. The summed E-state index contributed by atoms with van der Waals surface area (Å²) >= 11 is 0. The van der Waals surface area contributed by atoms with E-state index in [1.54, 1.807) is 17.1 Å². The molecule has 4 heterocycles. The van der Waals surface area contributed by atoms with Crippen molar-refractivity contribution >= 4 is 11.9 Å². The number of amides is 1.